The molecule has 1 aromatic heterocycles. The molecule has 0 atom stereocenters. The van der Waals surface area contributed by atoms with Crippen LogP contribution >= 0.6 is 0 Å². The maximum Gasteiger partial charge on any atom is 0.304 e. The highest BCUT2D eigenvalue weighted by atomic mass is 32.2. The minimum atomic E-state index is -3.93. The van der Waals surface area contributed by atoms with Crippen molar-refractivity contribution in [2.45, 2.75) is 18.7 Å². The molecule has 0 aliphatic rings. The number of hydrogen-bond donors (Lipinski definition) is 0. The summed E-state index contributed by atoms with van der Waals surface area (Å²) in [5.74, 6) is 0. The Bertz CT molecular complexity index is 625. The zero-order valence-electron chi connectivity index (χ0n) is 9.31. The lowest BCUT2D eigenvalue weighted by atomic mass is 10.2. The molecular formula is C11H10FN2O2S. The third-order valence-corrected chi connectivity index (χ3v) is 4.11. The van der Waals surface area contributed by atoms with Crippen molar-refractivity contribution in [3.63, 3.8) is 0 Å². The fourth-order valence-corrected chi connectivity index (χ4v) is 2.78. The molecule has 0 unspecified atom stereocenters. The van der Waals surface area contributed by atoms with Gasteiger partial charge in [0.2, 0.25) is 0 Å². The normalized spacial score (nSPS) is 11.7. The van der Waals surface area contributed by atoms with E-state index in [-0.39, 0.29) is 10.6 Å². The van der Waals surface area contributed by atoms with Crippen LogP contribution in [0.25, 0.3) is 0 Å². The second-order valence-electron chi connectivity index (χ2n) is 3.66. The number of rotatable bonds is 2. The fourth-order valence-electron chi connectivity index (χ4n) is 1.45. The quantitative estimate of drug-likeness (QED) is 0.818. The van der Waals surface area contributed by atoms with Gasteiger partial charge >= 0.3 is 6.08 Å². The summed E-state index contributed by atoms with van der Waals surface area (Å²) in [7, 11) is -3.93. The average molecular weight is 253 g/mol. The van der Waals surface area contributed by atoms with Crippen LogP contribution in [0.4, 0.5) is 4.39 Å². The average Bonchev–Trinajstić information content (AvgIpc) is 2.59. The zero-order valence-corrected chi connectivity index (χ0v) is 10.1. The summed E-state index contributed by atoms with van der Waals surface area (Å²) < 4.78 is 38.1. The van der Waals surface area contributed by atoms with Gasteiger partial charge in [0.05, 0.1) is 10.6 Å². The number of halogens is 1. The smallest absolute Gasteiger partial charge is 0.201 e. The first kappa shape index (κ1) is 11.8. The van der Waals surface area contributed by atoms with Crippen molar-refractivity contribution in [2.75, 3.05) is 0 Å². The standard InChI is InChI=1S/C11H10FN2O2S/c1-8-3-5-10(6-4-8)17(15,16)14-9(2)7-13-11(14)12/h3-6H,1-2H3. The number of benzene rings is 1. The molecule has 1 aromatic carbocycles. The Morgan fingerprint density at radius 1 is 1.24 bits per heavy atom. The first-order valence-corrected chi connectivity index (χ1v) is 6.31. The van der Waals surface area contributed by atoms with Gasteiger partial charge in [-0.15, -0.1) is 0 Å². The molecule has 2 aromatic rings. The fraction of sp³-hybridized carbons (Fsp3) is 0.182. The topological polar surface area (TPSA) is 52.0 Å². The highest BCUT2D eigenvalue weighted by Gasteiger charge is 2.22. The van der Waals surface area contributed by atoms with Crippen molar-refractivity contribution in [3.05, 3.63) is 47.8 Å². The lowest BCUT2D eigenvalue weighted by Crippen LogP contribution is -2.16. The van der Waals surface area contributed by atoms with Gasteiger partial charge in [-0.2, -0.15) is 13.3 Å². The molecule has 0 saturated heterocycles. The molecular weight excluding hydrogens is 243 g/mol. The Labute approximate surface area is 98.8 Å². The molecule has 4 nitrogen and oxygen atoms in total. The minimum absolute atomic E-state index is 0.0245. The Hall–Kier alpha value is -1.69. The number of aryl methyl sites for hydroxylation is 2. The van der Waals surface area contributed by atoms with Crippen LogP contribution in [-0.4, -0.2) is 17.4 Å². The van der Waals surface area contributed by atoms with E-state index in [0.29, 0.717) is 3.97 Å². The summed E-state index contributed by atoms with van der Waals surface area (Å²) in [6.07, 6.45) is 1.20. The van der Waals surface area contributed by atoms with Crippen LogP contribution in [-0.2, 0) is 10.0 Å². The molecule has 1 heterocycles. The molecule has 2 rings (SSSR count). The predicted molar refractivity (Wildman–Crippen MR) is 59.5 cm³/mol. The number of aromatic nitrogens is 2. The second-order valence-corrected chi connectivity index (χ2v) is 5.45. The molecule has 0 N–H and O–H groups in total. The number of nitrogens with zero attached hydrogens (tertiary/aromatic N) is 2. The van der Waals surface area contributed by atoms with E-state index < -0.39 is 16.1 Å². The van der Waals surface area contributed by atoms with Gasteiger partial charge in [0.1, 0.15) is 6.20 Å². The number of imidazole rings is 1. The van der Waals surface area contributed by atoms with E-state index in [1.165, 1.54) is 19.1 Å². The Kier molecular flexibility index (Phi) is 2.74. The molecule has 6 heteroatoms. The summed E-state index contributed by atoms with van der Waals surface area (Å²) >= 11 is 0. The minimum Gasteiger partial charge on any atom is -0.201 e. The van der Waals surface area contributed by atoms with E-state index in [1.807, 2.05) is 6.92 Å². The number of hydrogen-bond acceptors (Lipinski definition) is 3. The van der Waals surface area contributed by atoms with E-state index in [2.05, 4.69) is 11.2 Å². The van der Waals surface area contributed by atoms with Gasteiger partial charge in [-0.25, -0.2) is 8.42 Å². The van der Waals surface area contributed by atoms with Crippen LogP contribution in [0.3, 0.4) is 0 Å². The Morgan fingerprint density at radius 2 is 1.82 bits per heavy atom. The second kappa shape index (κ2) is 3.96. The molecule has 0 bridgehead atoms. The molecule has 89 valence electrons. The van der Waals surface area contributed by atoms with E-state index in [9.17, 15) is 12.8 Å². The molecule has 0 fully saturated rings. The maximum atomic E-state index is 13.3. The highest BCUT2D eigenvalue weighted by Crippen LogP contribution is 2.17. The molecule has 1 radical (unpaired) electrons. The SMILES string of the molecule is Cc1ccc(S(=O)(=O)n2c(C)[c]nc2F)cc1. The van der Waals surface area contributed by atoms with Crippen molar-refractivity contribution in [3.8, 4) is 0 Å². The molecule has 0 aliphatic carbocycles. The molecule has 0 amide bonds. The van der Waals surface area contributed by atoms with Crippen LogP contribution in [0.1, 0.15) is 11.3 Å². The van der Waals surface area contributed by atoms with Gasteiger partial charge < -0.3 is 0 Å². The predicted octanol–water partition coefficient (Wildman–Crippen LogP) is 1.68. The van der Waals surface area contributed by atoms with Gasteiger partial charge in [-0.1, -0.05) is 17.7 Å². The molecule has 17 heavy (non-hydrogen) atoms. The van der Waals surface area contributed by atoms with Crippen molar-refractivity contribution < 1.29 is 12.8 Å². The van der Waals surface area contributed by atoms with E-state index in [1.54, 1.807) is 12.1 Å². The van der Waals surface area contributed by atoms with Crippen molar-refractivity contribution >= 4 is 10.0 Å². The lowest BCUT2D eigenvalue weighted by Gasteiger charge is -2.07. The van der Waals surface area contributed by atoms with Gasteiger partial charge in [-0.05, 0) is 26.0 Å². The first-order valence-electron chi connectivity index (χ1n) is 4.87. The van der Waals surface area contributed by atoms with Crippen LogP contribution in [0.2, 0.25) is 0 Å². The van der Waals surface area contributed by atoms with Gasteiger partial charge in [0, 0.05) is 0 Å². The van der Waals surface area contributed by atoms with Crippen LogP contribution in [0.15, 0.2) is 29.2 Å². The van der Waals surface area contributed by atoms with E-state index >= 15 is 0 Å². The maximum absolute atomic E-state index is 13.3. The zero-order chi connectivity index (χ0) is 12.6. The van der Waals surface area contributed by atoms with Crippen LogP contribution < -0.4 is 0 Å². The van der Waals surface area contributed by atoms with Crippen LogP contribution in [0, 0.1) is 26.1 Å². The van der Waals surface area contributed by atoms with Crippen molar-refractivity contribution in [1.29, 1.82) is 0 Å². The summed E-state index contributed by atoms with van der Waals surface area (Å²) in [5.41, 5.74) is 1.04. The van der Waals surface area contributed by atoms with E-state index in [4.69, 9.17) is 0 Å². The van der Waals surface area contributed by atoms with E-state index in [0.717, 1.165) is 5.56 Å². The Balaban J connectivity index is 2.62. The molecule has 0 spiro atoms. The van der Waals surface area contributed by atoms with Crippen LogP contribution in [0.5, 0.6) is 0 Å². The summed E-state index contributed by atoms with van der Waals surface area (Å²) in [6, 6.07) is 6.18. The van der Waals surface area contributed by atoms with Gasteiger partial charge in [0.15, 0.2) is 0 Å². The molecule has 0 aliphatic heterocycles. The highest BCUT2D eigenvalue weighted by molar-refractivity contribution is 7.90. The largest absolute Gasteiger partial charge is 0.304 e. The summed E-state index contributed by atoms with van der Waals surface area (Å²) in [4.78, 5) is 3.24. The summed E-state index contributed by atoms with van der Waals surface area (Å²) in [5, 5.41) is 0. The third-order valence-electron chi connectivity index (χ3n) is 2.34. The van der Waals surface area contributed by atoms with Crippen molar-refractivity contribution in [1.82, 2.24) is 8.96 Å². The summed E-state index contributed by atoms with van der Waals surface area (Å²) in [6.45, 7) is 3.27. The van der Waals surface area contributed by atoms with Gasteiger partial charge in [0.25, 0.3) is 10.0 Å². The molecule has 0 saturated carbocycles. The van der Waals surface area contributed by atoms with Crippen molar-refractivity contribution in [2.24, 2.45) is 0 Å². The lowest BCUT2D eigenvalue weighted by molar-refractivity contribution is 0.514. The third kappa shape index (κ3) is 1.95. The monoisotopic (exact) mass is 253 g/mol. The van der Waals surface area contributed by atoms with Gasteiger partial charge in [-0.3, -0.25) is 0 Å². The first-order chi connectivity index (χ1) is 7.93. The Morgan fingerprint density at radius 3 is 2.29 bits per heavy atom.